The van der Waals surface area contributed by atoms with E-state index in [9.17, 15) is 0 Å². The summed E-state index contributed by atoms with van der Waals surface area (Å²) in [5, 5.41) is 3.83. The Labute approximate surface area is 121 Å². The monoisotopic (exact) mass is 272 g/mol. The zero-order chi connectivity index (χ0) is 13.4. The quantitative estimate of drug-likeness (QED) is 0.851. The fourth-order valence-electron chi connectivity index (χ4n) is 4.27. The molecule has 20 heavy (non-hydrogen) atoms. The molecule has 1 aliphatic carbocycles. The smallest absolute Gasteiger partial charge is 0.124 e. The van der Waals surface area contributed by atoms with Gasteiger partial charge in [0.2, 0.25) is 0 Å². The average molecular weight is 272 g/mol. The SMILES string of the molecule is c1ccc2c(c1)OCC2N1CCNC2(CCCCC2)C1. The molecule has 1 unspecified atom stereocenters. The van der Waals surface area contributed by atoms with Crippen LogP contribution in [0.15, 0.2) is 24.3 Å². The van der Waals surface area contributed by atoms with Gasteiger partial charge in [0.15, 0.2) is 0 Å². The first-order valence-electron chi connectivity index (χ1n) is 8.07. The van der Waals surface area contributed by atoms with Crippen LogP contribution in [-0.4, -0.2) is 36.7 Å². The molecule has 108 valence electrons. The van der Waals surface area contributed by atoms with Crippen LogP contribution >= 0.6 is 0 Å². The van der Waals surface area contributed by atoms with Crippen molar-refractivity contribution < 1.29 is 4.74 Å². The second kappa shape index (κ2) is 5.05. The lowest BCUT2D eigenvalue weighted by Gasteiger charge is -2.47. The lowest BCUT2D eigenvalue weighted by atomic mass is 9.79. The molecule has 1 N–H and O–H groups in total. The topological polar surface area (TPSA) is 24.5 Å². The van der Waals surface area contributed by atoms with Crippen LogP contribution in [-0.2, 0) is 0 Å². The van der Waals surface area contributed by atoms with Crippen LogP contribution in [0.2, 0.25) is 0 Å². The summed E-state index contributed by atoms with van der Waals surface area (Å²) >= 11 is 0. The number of para-hydroxylation sites is 1. The second-order valence-corrected chi connectivity index (χ2v) is 6.60. The molecule has 1 spiro atoms. The van der Waals surface area contributed by atoms with Crippen LogP contribution in [0.1, 0.15) is 43.7 Å². The van der Waals surface area contributed by atoms with Crippen LogP contribution in [0.5, 0.6) is 5.75 Å². The molecular weight excluding hydrogens is 248 g/mol. The van der Waals surface area contributed by atoms with Crippen LogP contribution in [0.25, 0.3) is 0 Å². The van der Waals surface area contributed by atoms with Crippen molar-refractivity contribution in [1.82, 2.24) is 10.2 Å². The van der Waals surface area contributed by atoms with Crippen molar-refractivity contribution in [2.75, 3.05) is 26.2 Å². The van der Waals surface area contributed by atoms with Gasteiger partial charge in [-0.1, -0.05) is 37.5 Å². The molecule has 0 aromatic heterocycles. The van der Waals surface area contributed by atoms with Gasteiger partial charge >= 0.3 is 0 Å². The van der Waals surface area contributed by atoms with Crippen LogP contribution in [0.3, 0.4) is 0 Å². The molecule has 1 saturated carbocycles. The van der Waals surface area contributed by atoms with Crippen LogP contribution < -0.4 is 10.1 Å². The molecule has 1 atom stereocenters. The zero-order valence-corrected chi connectivity index (χ0v) is 12.1. The molecule has 1 aromatic rings. The maximum atomic E-state index is 5.88. The van der Waals surface area contributed by atoms with E-state index in [1.165, 1.54) is 44.2 Å². The molecular formula is C17H24N2O. The van der Waals surface area contributed by atoms with E-state index in [-0.39, 0.29) is 0 Å². The summed E-state index contributed by atoms with van der Waals surface area (Å²) in [6.07, 6.45) is 6.88. The third kappa shape index (κ3) is 2.13. The summed E-state index contributed by atoms with van der Waals surface area (Å²) in [5.74, 6) is 1.09. The van der Waals surface area contributed by atoms with E-state index in [0.717, 1.165) is 25.4 Å². The molecule has 2 aliphatic heterocycles. The number of ether oxygens (including phenoxy) is 1. The summed E-state index contributed by atoms with van der Waals surface area (Å²) in [6, 6.07) is 9.02. The normalized spacial score (nSPS) is 29.1. The molecule has 3 heteroatoms. The number of rotatable bonds is 1. The van der Waals surface area contributed by atoms with Crippen molar-refractivity contribution in [1.29, 1.82) is 0 Å². The molecule has 3 aliphatic rings. The van der Waals surface area contributed by atoms with E-state index in [0.29, 0.717) is 11.6 Å². The van der Waals surface area contributed by atoms with Gasteiger partial charge in [0.1, 0.15) is 12.4 Å². The van der Waals surface area contributed by atoms with Gasteiger partial charge in [-0.05, 0) is 18.9 Å². The molecule has 0 bridgehead atoms. The van der Waals surface area contributed by atoms with Crippen LogP contribution in [0, 0.1) is 0 Å². The van der Waals surface area contributed by atoms with Gasteiger partial charge < -0.3 is 10.1 Å². The van der Waals surface area contributed by atoms with Gasteiger partial charge in [-0.15, -0.1) is 0 Å². The Morgan fingerprint density at radius 2 is 2.00 bits per heavy atom. The summed E-state index contributed by atoms with van der Waals surface area (Å²) in [4.78, 5) is 2.66. The Hall–Kier alpha value is -1.06. The van der Waals surface area contributed by atoms with E-state index in [1.807, 2.05) is 0 Å². The summed E-state index contributed by atoms with van der Waals surface area (Å²) in [7, 11) is 0. The minimum Gasteiger partial charge on any atom is -0.491 e. The molecule has 1 saturated heterocycles. The van der Waals surface area contributed by atoms with E-state index in [4.69, 9.17) is 4.74 Å². The van der Waals surface area contributed by atoms with Gasteiger partial charge in [0, 0.05) is 30.7 Å². The molecule has 3 nitrogen and oxygen atoms in total. The highest BCUT2D eigenvalue weighted by molar-refractivity contribution is 5.39. The van der Waals surface area contributed by atoms with Crippen molar-refractivity contribution in [2.45, 2.75) is 43.7 Å². The molecule has 1 aromatic carbocycles. The summed E-state index contributed by atoms with van der Waals surface area (Å²) in [5.41, 5.74) is 1.77. The third-order valence-electron chi connectivity index (χ3n) is 5.33. The van der Waals surface area contributed by atoms with Crippen molar-refractivity contribution in [3.05, 3.63) is 29.8 Å². The minimum atomic E-state index is 0.383. The molecule has 2 fully saturated rings. The first kappa shape index (κ1) is 12.7. The number of nitrogens with zero attached hydrogens (tertiary/aromatic N) is 1. The van der Waals surface area contributed by atoms with Gasteiger partial charge in [0.25, 0.3) is 0 Å². The lowest BCUT2D eigenvalue weighted by molar-refractivity contribution is 0.0593. The second-order valence-electron chi connectivity index (χ2n) is 6.60. The number of hydrogen-bond donors (Lipinski definition) is 1. The Morgan fingerprint density at radius 1 is 1.15 bits per heavy atom. The van der Waals surface area contributed by atoms with Crippen molar-refractivity contribution in [3.63, 3.8) is 0 Å². The highest BCUT2D eigenvalue weighted by atomic mass is 16.5. The average Bonchev–Trinajstić information content (AvgIpc) is 2.92. The first-order valence-corrected chi connectivity index (χ1v) is 8.07. The highest BCUT2D eigenvalue weighted by Gasteiger charge is 2.40. The summed E-state index contributed by atoms with van der Waals surface area (Å²) in [6.45, 7) is 4.29. The number of piperazine rings is 1. The number of fused-ring (bicyclic) bond motifs is 1. The summed E-state index contributed by atoms with van der Waals surface area (Å²) < 4.78 is 5.88. The fourth-order valence-corrected chi connectivity index (χ4v) is 4.27. The van der Waals surface area contributed by atoms with E-state index >= 15 is 0 Å². The fraction of sp³-hybridized carbons (Fsp3) is 0.647. The first-order chi connectivity index (χ1) is 9.86. The van der Waals surface area contributed by atoms with Crippen molar-refractivity contribution in [3.8, 4) is 5.75 Å². The predicted molar refractivity (Wildman–Crippen MR) is 80.1 cm³/mol. The Morgan fingerprint density at radius 3 is 2.90 bits per heavy atom. The highest BCUT2D eigenvalue weighted by Crippen LogP contribution is 2.39. The minimum absolute atomic E-state index is 0.383. The van der Waals surface area contributed by atoms with Crippen molar-refractivity contribution in [2.24, 2.45) is 0 Å². The molecule has 0 amide bonds. The van der Waals surface area contributed by atoms with Gasteiger partial charge in [-0.2, -0.15) is 0 Å². The Bertz CT molecular complexity index is 476. The van der Waals surface area contributed by atoms with E-state index in [1.54, 1.807) is 0 Å². The zero-order valence-electron chi connectivity index (χ0n) is 12.1. The molecule has 4 rings (SSSR count). The molecule has 2 heterocycles. The number of nitrogens with one attached hydrogen (secondary N) is 1. The van der Waals surface area contributed by atoms with E-state index in [2.05, 4.69) is 34.5 Å². The van der Waals surface area contributed by atoms with Gasteiger partial charge in [-0.25, -0.2) is 0 Å². The van der Waals surface area contributed by atoms with Gasteiger partial charge in [-0.3, -0.25) is 4.90 Å². The van der Waals surface area contributed by atoms with E-state index < -0.39 is 0 Å². The number of hydrogen-bond acceptors (Lipinski definition) is 3. The standard InChI is InChI=1S/C17H24N2O/c1-4-8-17(9-5-1)13-19(11-10-18-17)15-12-20-16-7-3-2-6-14(15)16/h2-3,6-7,15,18H,1,4-5,8-13H2. The maximum absolute atomic E-state index is 5.88. The largest absolute Gasteiger partial charge is 0.491 e. The molecule has 0 radical (unpaired) electrons. The van der Waals surface area contributed by atoms with Crippen molar-refractivity contribution >= 4 is 0 Å². The number of benzene rings is 1. The maximum Gasteiger partial charge on any atom is 0.124 e. The Kier molecular flexibility index (Phi) is 3.20. The third-order valence-corrected chi connectivity index (χ3v) is 5.33. The van der Waals surface area contributed by atoms with Gasteiger partial charge in [0.05, 0.1) is 6.04 Å². The predicted octanol–water partition coefficient (Wildman–Crippen LogP) is 2.73. The van der Waals surface area contributed by atoms with Crippen LogP contribution in [0.4, 0.5) is 0 Å². The Balaban J connectivity index is 1.54. The lowest BCUT2D eigenvalue weighted by Crippen LogP contribution is -2.61.